The molecule has 0 radical (unpaired) electrons. The number of halogens is 3. The first kappa shape index (κ1) is 28.1. The third-order valence-electron chi connectivity index (χ3n) is 7.79. The number of alkyl halides is 3. The number of benzene rings is 2. The number of anilines is 2. The molecule has 3 aliphatic rings. The summed E-state index contributed by atoms with van der Waals surface area (Å²) in [5.74, 6) is 0.294. The average molecular weight is 576 g/mol. The van der Waals surface area contributed by atoms with Crippen molar-refractivity contribution in [2.24, 2.45) is 0 Å². The van der Waals surface area contributed by atoms with E-state index in [0.717, 1.165) is 60.3 Å². The van der Waals surface area contributed by atoms with Crippen LogP contribution in [0.15, 0.2) is 54.7 Å². The SMILES string of the molecule is Cc1ccc(C(=O)Nc2cc(CN3CCN(C)CC3)cc(C(F)(F)F)c2)cc1/C=C/c1cnc2c(c1)C=CC1OC1N2. The van der Waals surface area contributed by atoms with Crippen molar-refractivity contribution in [3.63, 3.8) is 0 Å². The molecule has 2 fully saturated rings. The number of nitrogens with one attached hydrogen (secondary N) is 2. The van der Waals surface area contributed by atoms with Crippen LogP contribution in [-0.4, -0.2) is 66.2 Å². The highest BCUT2D eigenvalue weighted by Gasteiger charge is 2.38. The number of fused-ring (bicyclic) bond motifs is 2. The molecule has 3 aliphatic heterocycles. The van der Waals surface area contributed by atoms with E-state index in [0.29, 0.717) is 17.7 Å². The number of ether oxygens (including phenoxy) is 1. The molecule has 7 nitrogen and oxygen atoms in total. The van der Waals surface area contributed by atoms with Gasteiger partial charge in [0.25, 0.3) is 5.91 Å². The summed E-state index contributed by atoms with van der Waals surface area (Å²) in [6.45, 7) is 5.60. The van der Waals surface area contributed by atoms with Crippen LogP contribution in [-0.2, 0) is 17.5 Å². The number of epoxide rings is 1. The van der Waals surface area contributed by atoms with E-state index in [-0.39, 0.29) is 18.0 Å². The Morgan fingerprint density at radius 2 is 1.93 bits per heavy atom. The smallest absolute Gasteiger partial charge is 0.343 e. The van der Waals surface area contributed by atoms with Crippen molar-refractivity contribution in [2.45, 2.75) is 32.0 Å². The lowest BCUT2D eigenvalue weighted by Gasteiger charge is -2.32. The molecule has 2 aromatic carbocycles. The molecule has 10 heteroatoms. The first-order chi connectivity index (χ1) is 20.1. The van der Waals surface area contributed by atoms with Crippen LogP contribution in [0.1, 0.15) is 43.7 Å². The first-order valence-corrected chi connectivity index (χ1v) is 13.9. The van der Waals surface area contributed by atoms with Crippen molar-refractivity contribution in [3.05, 3.63) is 93.7 Å². The van der Waals surface area contributed by atoms with E-state index in [4.69, 9.17) is 4.74 Å². The van der Waals surface area contributed by atoms with E-state index in [1.807, 2.05) is 50.4 Å². The number of likely N-dealkylation sites (N-methyl/N-ethyl adjacent to an activating group) is 1. The number of piperazine rings is 1. The van der Waals surface area contributed by atoms with Crippen LogP contribution in [0.25, 0.3) is 18.2 Å². The molecule has 4 heterocycles. The topological polar surface area (TPSA) is 73.0 Å². The van der Waals surface area contributed by atoms with Crippen molar-refractivity contribution in [1.29, 1.82) is 0 Å². The van der Waals surface area contributed by atoms with Crippen LogP contribution in [0.2, 0.25) is 0 Å². The summed E-state index contributed by atoms with van der Waals surface area (Å²) < 4.78 is 46.7. The molecule has 2 atom stereocenters. The Hall–Kier alpha value is -3.99. The van der Waals surface area contributed by atoms with Gasteiger partial charge in [-0.05, 0) is 72.6 Å². The molecule has 0 aliphatic carbocycles. The number of carbonyl (C=O) groups is 1. The van der Waals surface area contributed by atoms with Crippen molar-refractivity contribution in [2.75, 3.05) is 43.9 Å². The molecule has 0 bridgehead atoms. The number of amides is 1. The fraction of sp³-hybridized carbons (Fsp3) is 0.312. The van der Waals surface area contributed by atoms with Gasteiger partial charge < -0.3 is 20.3 Å². The van der Waals surface area contributed by atoms with Crippen LogP contribution in [0, 0.1) is 6.92 Å². The Kier molecular flexibility index (Phi) is 7.61. The number of aromatic nitrogens is 1. The van der Waals surface area contributed by atoms with E-state index in [1.54, 1.807) is 24.4 Å². The summed E-state index contributed by atoms with van der Waals surface area (Å²) in [5, 5.41) is 5.95. The largest absolute Gasteiger partial charge is 0.416 e. The van der Waals surface area contributed by atoms with Gasteiger partial charge in [-0.3, -0.25) is 9.69 Å². The summed E-state index contributed by atoms with van der Waals surface area (Å²) in [6.07, 6.45) is 5.12. The predicted octanol–water partition coefficient (Wildman–Crippen LogP) is 5.74. The standard InChI is InChI=1S/C32H32F3N5O2/c1-20-3-5-25(16-23(20)6-4-21-13-24-7-8-28-31(42-28)38-29(24)36-18-21)30(41)37-27-15-22(14-26(17-27)32(33,34)35)19-40-11-9-39(2)10-12-40/h3-8,13-18,28,31H,9-12,19H2,1-2H3,(H,36,38)(H,37,41)/b6-4+. The monoisotopic (exact) mass is 575 g/mol. The normalized spacial score (nSPS) is 20.5. The van der Waals surface area contributed by atoms with Crippen LogP contribution in [0.3, 0.4) is 0 Å². The minimum Gasteiger partial charge on any atom is -0.343 e. The predicted molar refractivity (Wildman–Crippen MR) is 158 cm³/mol. The van der Waals surface area contributed by atoms with Crippen LogP contribution >= 0.6 is 0 Å². The summed E-state index contributed by atoms with van der Waals surface area (Å²) >= 11 is 0. The average Bonchev–Trinajstić information content (AvgIpc) is 3.72. The van der Waals surface area contributed by atoms with Crippen molar-refractivity contribution < 1.29 is 22.7 Å². The number of rotatable bonds is 6. The molecular weight excluding hydrogens is 543 g/mol. The molecule has 218 valence electrons. The quantitative estimate of drug-likeness (QED) is 0.365. The van der Waals surface area contributed by atoms with E-state index in [9.17, 15) is 18.0 Å². The molecular formula is C32H32F3N5O2. The van der Waals surface area contributed by atoms with E-state index in [2.05, 4.69) is 25.4 Å². The highest BCUT2D eigenvalue weighted by Crippen LogP contribution is 2.33. The number of hydrogen-bond donors (Lipinski definition) is 2. The highest BCUT2D eigenvalue weighted by atomic mass is 19.4. The van der Waals surface area contributed by atoms with Gasteiger partial charge in [0.1, 0.15) is 11.9 Å². The second-order valence-electron chi connectivity index (χ2n) is 11.1. The van der Waals surface area contributed by atoms with Gasteiger partial charge in [-0.25, -0.2) is 4.98 Å². The molecule has 2 saturated heterocycles. The van der Waals surface area contributed by atoms with Gasteiger partial charge in [-0.15, -0.1) is 0 Å². The second kappa shape index (κ2) is 11.4. The lowest BCUT2D eigenvalue weighted by Crippen LogP contribution is -2.43. The lowest BCUT2D eigenvalue weighted by atomic mass is 10.0. The highest BCUT2D eigenvalue weighted by molar-refractivity contribution is 6.04. The van der Waals surface area contributed by atoms with E-state index < -0.39 is 17.6 Å². The van der Waals surface area contributed by atoms with Gasteiger partial charge in [-0.2, -0.15) is 13.2 Å². The van der Waals surface area contributed by atoms with Gasteiger partial charge in [0, 0.05) is 55.7 Å². The maximum Gasteiger partial charge on any atom is 0.416 e. The Morgan fingerprint density at radius 3 is 2.71 bits per heavy atom. The first-order valence-electron chi connectivity index (χ1n) is 13.9. The molecule has 2 unspecified atom stereocenters. The molecule has 0 spiro atoms. The molecule has 1 aromatic heterocycles. The summed E-state index contributed by atoms with van der Waals surface area (Å²) in [4.78, 5) is 22.0. The molecule has 6 rings (SSSR count). The molecule has 1 amide bonds. The number of hydrogen-bond acceptors (Lipinski definition) is 6. The Balaban J connectivity index is 1.19. The van der Waals surface area contributed by atoms with Crippen molar-refractivity contribution >= 4 is 35.6 Å². The third-order valence-corrected chi connectivity index (χ3v) is 7.79. The zero-order chi connectivity index (χ0) is 29.4. The summed E-state index contributed by atoms with van der Waals surface area (Å²) in [6, 6.07) is 11.1. The minimum atomic E-state index is -4.52. The van der Waals surface area contributed by atoms with Crippen molar-refractivity contribution in [1.82, 2.24) is 14.8 Å². The van der Waals surface area contributed by atoms with Crippen LogP contribution in [0.5, 0.6) is 0 Å². The molecule has 42 heavy (non-hydrogen) atoms. The lowest BCUT2D eigenvalue weighted by molar-refractivity contribution is -0.137. The Morgan fingerprint density at radius 1 is 1.12 bits per heavy atom. The van der Waals surface area contributed by atoms with Gasteiger partial charge in [-0.1, -0.05) is 30.4 Å². The molecule has 2 N–H and O–H groups in total. The fourth-order valence-corrected chi connectivity index (χ4v) is 5.19. The maximum absolute atomic E-state index is 13.7. The number of pyridine rings is 1. The van der Waals surface area contributed by atoms with Gasteiger partial charge in [0.15, 0.2) is 6.23 Å². The third kappa shape index (κ3) is 6.56. The van der Waals surface area contributed by atoms with Gasteiger partial charge >= 0.3 is 6.18 Å². The Labute approximate surface area is 242 Å². The Bertz CT molecular complexity index is 1560. The number of aryl methyl sites for hydroxylation is 1. The van der Waals surface area contributed by atoms with Crippen LogP contribution < -0.4 is 10.6 Å². The van der Waals surface area contributed by atoms with E-state index in [1.165, 1.54) is 6.07 Å². The van der Waals surface area contributed by atoms with Crippen molar-refractivity contribution in [3.8, 4) is 0 Å². The van der Waals surface area contributed by atoms with Gasteiger partial charge in [0.05, 0.1) is 5.56 Å². The van der Waals surface area contributed by atoms with Crippen LogP contribution in [0.4, 0.5) is 24.7 Å². The van der Waals surface area contributed by atoms with E-state index >= 15 is 0 Å². The maximum atomic E-state index is 13.7. The minimum absolute atomic E-state index is 0.0209. The summed E-state index contributed by atoms with van der Waals surface area (Å²) in [7, 11) is 2.03. The number of nitrogens with zero attached hydrogens (tertiary/aromatic N) is 3. The zero-order valence-corrected chi connectivity index (χ0v) is 23.4. The molecule has 0 saturated carbocycles. The number of carbonyl (C=O) groups excluding carboxylic acids is 1. The fourth-order valence-electron chi connectivity index (χ4n) is 5.19. The second-order valence-corrected chi connectivity index (χ2v) is 11.1. The molecule has 3 aromatic rings. The summed E-state index contributed by atoms with van der Waals surface area (Å²) in [5.41, 5.74) is 3.84. The van der Waals surface area contributed by atoms with Gasteiger partial charge in [0.2, 0.25) is 0 Å². The zero-order valence-electron chi connectivity index (χ0n) is 23.4.